The Kier molecular flexibility index (Phi) is 2.90. The van der Waals surface area contributed by atoms with Crippen LogP contribution in [0.15, 0.2) is 0 Å². The van der Waals surface area contributed by atoms with Crippen molar-refractivity contribution in [3.63, 3.8) is 0 Å². The zero-order chi connectivity index (χ0) is 8.32. The zero-order valence-corrected chi connectivity index (χ0v) is 7.65. The van der Waals surface area contributed by atoms with E-state index in [1.807, 2.05) is 6.92 Å². The van der Waals surface area contributed by atoms with Crippen molar-refractivity contribution >= 4 is 10.0 Å². The minimum Gasteiger partial charge on any atom is -0.212 e. The number of hydrogen-bond donors (Lipinski definition) is 1. The van der Waals surface area contributed by atoms with E-state index in [0.717, 1.165) is 12.8 Å². The minimum atomic E-state index is -2.94. The molecule has 4 heteroatoms. The Morgan fingerprint density at radius 1 is 1.45 bits per heavy atom. The lowest BCUT2D eigenvalue weighted by Gasteiger charge is -2.25. The molecule has 1 fully saturated rings. The van der Waals surface area contributed by atoms with Crippen molar-refractivity contribution in [3.8, 4) is 0 Å². The molecule has 1 N–H and O–H groups in total. The van der Waals surface area contributed by atoms with Crippen LogP contribution in [0.3, 0.4) is 0 Å². The molecule has 1 rings (SSSR count). The quantitative estimate of drug-likeness (QED) is 0.692. The van der Waals surface area contributed by atoms with Crippen LogP contribution in [-0.2, 0) is 10.0 Å². The summed E-state index contributed by atoms with van der Waals surface area (Å²) in [6.07, 6.45) is 3.90. The van der Waals surface area contributed by atoms with Crippen LogP contribution in [0.5, 0.6) is 0 Å². The molecule has 1 aliphatic rings. The third-order valence-electron chi connectivity index (χ3n) is 1.92. The first-order valence-electron chi connectivity index (χ1n) is 4.14. The van der Waals surface area contributed by atoms with Gasteiger partial charge < -0.3 is 0 Å². The second kappa shape index (κ2) is 3.54. The number of sulfonamides is 1. The van der Waals surface area contributed by atoms with E-state index in [2.05, 4.69) is 4.72 Å². The molecule has 66 valence electrons. The Morgan fingerprint density at radius 2 is 2.09 bits per heavy atom. The third-order valence-corrected chi connectivity index (χ3v) is 3.56. The van der Waals surface area contributed by atoms with Gasteiger partial charge in [-0.3, -0.25) is 0 Å². The zero-order valence-electron chi connectivity index (χ0n) is 6.84. The molecule has 11 heavy (non-hydrogen) atoms. The van der Waals surface area contributed by atoms with Crippen molar-refractivity contribution in [2.45, 2.75) is 38.6 Å². The van der Waals surface area contributed by atoms with Gasteiger partial charge >= 0.3 is 0 Å². The predicted octanol–water partition coefficient (Wildman–Crippen LogP) is 0.868. The van der Waals surface area contributed by atoms with Crippen molar-refractivity contribution in [2.75, 3.05) is 5.75 Å². The highest BCUT2D eigenvalue weighted by molar-refractivity contribution is 7.89. The van der Waals surface area contributed by atoms with Gasteiger partial charge in [-0.05, 0) is 19.3 Å². The van der Waals surface area contributed by atoms with Crippen LogP contribution in [0, 0.1) is 0 Å². The maximum Gasteiger partial charge on any atom is 0.211 e. The van der Waals surface area contributed by atoms with E-state index in [1.54, 1.807) is 0 Å². The Morgan fingerprint density at radius 3 is 2.45 bits per heavy atom. The smallest absolute Gasteiger partial charge is 0.211 e. The molecule has 0 aromatic heterocycles. The average molecular weight is 177 g/mol. The summed E-state index contributed by atoms with van der Waals surface area (Å²) in [5.74, 6) is 0.267. The second-order valence-electron chi connectivity index (χ2n) is 3.06. The molecule has 1 saturated carbocycles. The Balaban J connectivity index is 2.33. The summed E-state index contributed by atoms with van der Waals surface area (Å²) < 4.78 is 24.9. The van der Waals surface area contributed by atoms with Gasteiger partial charge in [0, 0.05) is 6.04 Å². The molecule has 0 bridgehead atoms. The fraction of sp³-hybridized carbons (Fsp3) is 1.00. The van der Waals surface area contributed by atoms with Crippen molar-refractivity contribution in [3.05, 3.63) is 0 Å². The molecule has 0 radical (unpaired) electrons. The van der Waals surface area contributed by atoms with Gasteiger partial charge in [0.05, 0.1) is 5.75 Å². The van der Waals surface area contributed by atoms with E-state index < -0.39 is 10.0 Å². The van der Waals surface area contributed by atoms with Gasteiger partial charge in [-0.15, -0.1) is 0 Å². The van der Waals surface area contributed by atoms with Gasteiger partial charge in [0.15, 0.2) is 0 Å². The highest BCUT2D eigenvalue weighted by atomic mass is 32.2. The first-order chi connectivity index (χ1) is 5.14. The van der Waals surface area contributed by atoms with E-state index in [1.165, 1.54) is 6.42 Å². The van der Waals surface area contributed by atoms with Gasteiger partial charge in [-0.25, -0.2) is 13.1 Å². The van der Waals surface area contributed by atoms with E-state index in [0.29, 0.717) is 6.42 Å². The van der Waals surface area contributed by atoms with Crippen LogP contribution in [0.4, 0.5) is 0 Å². The third kappa shape index (κ3) is 2.79. The molecule has 0 aromatic rings. The van der Waals surface area contributed by atoms with Gasteiger partial charge in [-0.2, -0.15) is 0 Å². The summed E-state index contributed by atoms with van der Waals surface area (Å²) in [4.78, 5) is 0. The maximum absolute atomic E-state index is 11.1. The molecular formula is C7H15NO2S. The van der Waals surface area contributed by atoms with Crippen LogP contribution in [-0.4, -0.2) is 20.2 Å². The number of nitrogens with one attached hydrogen (secondary N) is 1. The second-order valence-corrected chi connectivity index (χ2v) is 4.94. The molecule has 0 amide bonds. The average Bonchev–Trinajstić information content (AvgIpc) is 1.79. The van der Waals surface area contributed by atoms with E-state index in [4.69, 9.17) is 0 Å². The summed E-state index contributed by atoms with van der Waals surface area (Å²) in [5.41, 5.74) is 0. The first-order valence-corrected chi connectivity index (χ1v) is 5.79. The fourth-order valence-corrected chi connectivity index (χ4v) is 2.51. The van der Waals surface area contributed by atoms with E-state index in [-0.39, 0.29) is 11.8 Å². The summed E-state index contributed by atoms with van der Waals surface area (Å²) in [5, 5.41) is 0. The lowest BCUT2D eigenvalue weighted by molar-refractivity contribution is 0.383. The molecule has 0 unspecified atom stereocenters. The first kappa shape index (κ1) is 9.00. The van der Waals surface area contributed by atoms with Crippen molar-refractivity contribution in [2.24, 2.45) is 0 Å². The minimum absolute atomic E-state index is 0.242. The van der Waals surface area contributed by atoms with Crippen LogP contribution >= 0.6 is 0 Å². The van der Waals surface area contributed by atoms with Gasteiger partial charge in [0.25, 0.3) is 0 Å². The van der Waals surface area contributed by atoms with Crippen molar-refractivity contribution in [1.82, 2.24) is 4.72 Å². The molecule has 0 spiro atoms. The highest BCUT2D eigenvalue weighted by Gasteiger charge is 2.22. The monoisotopic (exact) mass is 177 g/mol. The molecular weight excluding hydrogens is 162 g/mol. The van der Waals surface area contributed by atoms with Crippen LogP contribution in [0.2, 0.25) is 0 Å². The fourth-order valence-electron chi connectivity index (χ4n) is 1.11. The Labute approximate surface area is 68.2 Å². The summed E-state index contributed by atoms with van der Waals surface area (Å²) >= 11 is 0. The molecule has 3 nitrogen and oxygen atoms in total. The van der Waals surface area contributed by atoms with Crippen LogP contribution < -0.4 is 4.72 Å². The van der Waals surface area contributed by atoms with Crippen LogP contribution in [0.25, 0.3) is 0 Å². The summed E-state index contributed by atoms with van der Waals surface area (Å²) in [6, 6.07) is 0.242. The lowest BCUT2D eigenvalue weighted by Crippen LogP contribution is -2.40. The topological polar surface area (TPSA) is 46.2 Å². The normalized spacial score (nSPS) is 19.7. The molecule has 1 aliphatic carbocycles. The Hall–Kier alpha value is -0.0900. The molecule has 0 aromatic carbocycles. The summed E-state index contributed by atoms with van der Waals surface area (Å²) in [6.45, 7) is 1.88. The summed E-state index contributed by atoms with van der Waals surface area (Å²) in [7, 11) is -2.94. The number of rotatable bonds is 4. The standard InChI is InChI=1S/C7H15NO2S/c1-2-6-11(9,10)8-7-4-3-5-7/h7-8H,2-6H2,1H3. The van der Waals surface area contributed by atoms with Gasteiger partial charge in [-0.1, -0.05) is 13.3 Å². The number of hydrogen-bond acceptors (Lipinski definition) is 2. The van der Waals surface area contributed by atoms with E-state index in [9.17, 15) is 8.42 Å². The SMILES string of the molecule is CCCS(=O)(=O)NC1CCC1. The molecule has 0 atom stereocenters. The van der Waals surface area contributed by atoms with Crippen molar-refractivity contribution in [1.29, 1.82) is 0 Å². The molecule has 0 saturated heterocycles. The predicted molar refractivity (Wildman–Crippen MR) is 44.9 cm³/mol. The lowest BCUT2D eigenvalue weighted by atomic mass is 9.94. The molecule has 0 aliphatic heterocycles. The van der Waals surface area contributed by atoms with Crippen molar-refractivity contribution < 1.29 is 8.42 Å². The molecule has 0 heterocycles. The van der Waals surface area contributed by atoms with Gasteiger partial charge in [0.2, 0.25) is 10.0 Å². The van der Waals surface area contributed by atoms with Crippen LogP contribution in [0.1, 0.15) is 32.6 Å². The van der Waals surface area contributed by atoms with Gasteiger partial charge in [0.1, 0.15) is 0 Å². The highest BCUT2D eigenvalue weighted by Crippen LogP contribution is 2.18. The van der Waals surface area contributed by atoms with E-state index >= 15 is 0 Å². The Bertz CT molecular complexity index is 206. The largest absolute Gasteiger partial charge is 0.212 e. The maximum atomic E-state index is 11.1.